The number of aromatic nitrogens is 1. The lowest BCUT2D eigenvalue weighted by Crippen LogP contribution is -2.34. The van der Waals surface area contributed by atoms with E-state index in [4.69, 9.17) is 0 Å². The predicted molar refractivity (Wildman–Crippen MR) is 72.6 cm³/mol. The lowest BCUT2D eigenvalue weighted by molar-refractivity contribution is 0.0746. The summed E-state index contributed by atoms with van der Waals surface area (Å²) < 4.78 is 0. The molecule has 1 saturated heterocycles. The zero-order valence-electron chi connectivity index (χ0n) is 10.8. The Morgan fingerprint density at radius 3 is 2.89 bits per heavy atom. The van der Waals surface area contributed by atoms with Crippen LogP contribution in [0, 0.1) is 5.92 Å². The van der Waals surface area contributed by atoms with Crippen LogP contribution in [0.5, 0.6) is 0 Å². The minimum Gasteiger partial charge on any atom is -0.361 e. The molecule has 0 spiro atoms. The molecular weight excluding hydrogens is 224 g/mol. The van der Waals surface area contributed by atoms with E-state index in [1.165, 1.54) is 0 Å². The molecule has 2 heterocycles. The molecule has 2 aromatic rings. The molecule has 0 saturated carbocycles. The van der Waals surface area contributed by atoms with Gasteiger partial charge in [0.1, 0.15) is 0 Å². The fourth-order valence-corrected chi connectivity index (χ4v) is 3.01. The Hall–Kier alpha value is -1.77. The summed E-state index contributed by atoms with van der Waals surface area (Å²) in [6.45, 7) is 5.22. The summed E-state index contributed by atoms with van der Waals surface area (Å²) in [6, 6.07) is 8.20. The molecule has 1 aliphatic rings. The van der Waals surface area contributed by atoms with E-state index in [9.17, 15) is 4.79 Å². The van der Waals surface area contributed by atoms with Crippen molar-refractivity contribution >= 4 is 16.8 Å². The molecule has 0 radical (unpaired) electrons. The van der Waals surface area contributed by atoms with E-state index in [0.717, 1.165) is 29.4 Å². The van der Waals surface area contributed by atoms with Crippen molar-refractivity contribution in [2.75, 3.05) is 6.54 Å². The van der Waals surface area contributed by atoms with Crippen LogP contribution in [-0.4, -0.2) is 28.4 Å². The van der Waals surface area contributed by atoms with Crippen molar-refractivity contribution in [3.05, 3.63) is 36.0 Å². The minimum absolute atomic E-state index is 0.164. The van der Waals surface area contributed by atoms with Crippen LogP contribution < -0.4 is 0 Å². The van der Waals surface area contributed by atoms with Crippen LogP contribution in [0.2, 0.25) is 0 Å². The van der Waals surface area contributed by atoms with E-state index < -0.39 is 0 Å². The molecule has 94 valence electrons. The molecule has 18 heavy (non-hydrogen) atoms. The van der Waals surface area contributed by atoms with Crippen LogP contribution in [0.1, 0.15) is 30.6 Å². The summed E-state index contributed by atoms with van der Waals surface area (Å²) >= 11 is 0. The zero-order chi connectivity index (χ0) is 12.7. The van der Waals surface area contributed by atoms with Gasteiger partial charge in [-0.1, -0.05) is 13.0 Å². The third kappa shape index (κ3) is 1.70. The number of rotatable bonds is 1. The summed E-state index contributed by atoms with van der Waals surface area (Å²) in [5.74, 6) is 0.770. The van der Waals surface area contributed by atoms with E-state index >= 15 is 0 Å². The maximum Gasteiger partial charge on any atom is 0.254 e. The third-order valence-corrected chi connectivity index (χ3v) is 3.87. The number of benzene rings is 1. The van der Waals surface area contributed by atoms with Gasteiger partial charge in [0.25, 0.3) is 5.91 Å². The largest absolute Gasteiger partial charge is 0.361 e. The number of aromatic amines is 1. The summed E-state index contributed by atoms with van der Waals surface area (Å²) in [5, 5.41) is 1.02. The third-order valence-electron chi connectivity index (χ3n) is 3.87. The molecule has 3 rings (SSSR count). The van der Waals surface area contributed by atoms with E-state index in [1.807, 2.05) is 35.4 Å². The van der Waals surface area contributed by atoms with Crippen LogP contribution >= 0.6 is 0 Å². The average molecular weight is 242 g/mol. The van der Waals surface area contributed by atoms with Gasteiger partial charge in [0.2, 0.25) is 0 Å². The molecule has 1 aromatic heterocycles. The Balaban J connectivity index is 1.99. The fraction of sp³-hybridized carbons (Fsp3) is 0.400. The first-order valence-corrected chi connectivity index (χ1v) is 6.54. The topological polar surface area (TPSA) is 36.1 Å². The van der Waals surface area contributed by atoms with Crippen LogP contribution in [0.25, 0.3) is 10.9 Å². The number of carbonyl (C=O) groups excluding carboxylic acids is 1. The van der Waals surface area contributed by atoms with E-state index in [-0.39, 0.29) is 5.91 Å². The van der Waals surface area contributed by atoms with Gasteiger partial charge in [-0.15, -0.1) is 0 Å². The molecule has 0 bridgehead atoms. The number of fused-ring (bicyclic) bond motifs is 1. The highest BCUT2D eigenvalue weighted by Crippen LogP contribution is 2.26. The first kappa shape index (κ1) is 11.3. The second-order valence-electron chi connectivity index (χ2n) is 5.39. The lowest BCUT2D eigenvalue weighted by Gasteiger charge is -2.21. The van der Waals surface area contributed by atoms with Gasteiger partial charge in [-0.2, -0.15) is 0 Å². The van der Waals surface area contributed by atoms with E-state index in [2.05, 4.69) is 18.8 Å². The molecule has 3 heteroatoms. The second-order valence-corrected chi connectivity index (χ2v) is 5.39. The summed E-state index contributed by atoms with van der Waals surface area (Å²) in [5.41, 5.74) is 1.84. The summed E-state index contributed by atoms with van der Waals surface area (Å²) in [7, 11) is 0. The van der Waals surface area contributed by atoms with Gasteiger partial charge >= 0.3 is 0 Å². The van der Waals surface area contributed by atoms with Crippen molar-refractivity contribution in [1.29, 1.82) is 0 Å². The second kappa shape index (κ2) is 4.16. The number of nitrogens with zero attached hydrogens (tertiary/aromatic N) is 1. The zero-order valence-corrected chi connectivity index (χ0v) is 10.8. The van der Waals surface area contributed by atoms with Gasteiger partial charge in [0.15, 0.2) is 0 Å². The van der Waals surface area contributed by atoms with Crippen molar-refractivity contribution in [2.24, 2.45) is 5.92 Å². The first-order valence-electron chi connectivity index (χ1n) is 6.54. The molecular formula is C15H18N2O. The molecule has 1 amide bonds. The van der Waals surface area contributed by atoms with Gasteiger partial charge in [0.05, 0.1) is 0 Å². The number of nitrogens with one attached hydrogen (secondary N) is 1. The number of amides is 1. The number of hydrogen-bond acceptors (Lipinski definition) is 1. The van der Waals surface area contributed by atoms with E-state index in [1.54, 1.807) is 0 Å². The molecule has 2 unspecified atom stereocenters. The van der Waals surface area contributed by atoms with Crippen molar-refractivity contribution in [3.8, 4) is 0 Å². The smallest absolute Gasteiger partial charge is 0.254 e. The SMILES string of the molecule is CC1CC(C)N(C(=O)c2cccc3[nH]ccc23)C1. The molecule has 1 aromatic carbocycles. The highest BCUT2D eigenvalue weighted by Gasteiger charge is 2.31. The predicted octanol–water partition coefficient (Wildman–Crippen LogP) is 3.04. The fourth-order valence-electron chi connectivity index (χ4n) is 3.01. The van der Waals surface area contributed by atoms with Crippen molar-refractivity contribution < 1.29 is 4.79 Å². The van der Waals surface area contributed by atoms with Gasteiger partial charge < -0.3 is 9.88 Å². The Kier molecular flexibility index (Phi) is 2.62. The van der Waals surface area contributed by atoms with Crippen LogP contribution in [0.3, 0.4) is 0 Å². The van der Waals surface area contributed by atoms with Gasteiger partial charge in [0, 0.05) is 35.2 Å². The van der Waals surface area contributed by atoms with Crippen LogP contribution in [0.15, 0.2) is 30.5 Å². The summed E-state index contributed by atoms with van der Waals surface area (Å²) in [6.07, 6.45) is 2.99. The Bertz CT molecular complexity index is 587. The molecule has 1 fully saturated rings. The quantitative estimate of drug-likeness (QED) is 0.819. The lowest BCUT2D eigenvalue weighted by atomic mass is 10.1. The maximum atomic E-state index is 12.6. The Morgan fingerprint density at radius 1 is 1.33 bits per heavy atom. The van der Waals surface area contributed by atoms with Gasteiger partial charge in [-0.05, 0) is 37.5 Å². The standard InChI is InChI=1S/C15H18N2O/c1-10-8-11(2)17(9-10)15(18)13-4-3-5-14-12(13)6-7-16-14/h3-7,10-11,16H,8-9H2,1-2H3. The molecule has 3 nitrogen and oxygen atoms in total. The Labute approximate surface area is 107 Å². The minimum atomic E-state index is 0.164. The number of hydrogen-bond donors (Lipinski definition) is 1. The van der Waals surface area contributed by atoms with Crippen molar-refractivity contribution in [3.63, 3.8) is 0 Å². The maximum absolute atomic E-state index is 12.6. The number of H-pyrrole nitrogens is 1. The number of carbonyl (C=O) groups is 1. The normalized spacial score (nSPS) is 23.8. The van der Waals surface area contributed by atoms with Crippen molar-refractivity contribution in [1.82, 2.24) is 9.88 Å². The Morgan fingerprint density at radius 2 is 2.17 bits per heavy atom. The van der Waals surface area contributed by atoms with Gasteiger partial charge in [-0.3, -0.25) is 4.79 Å². The highest BCUT2D eigenvalue weighted by molar-refractivity contribution is 6.06. The van der Waals surface area contributed by atoms with Crippen LogP contribution in [-0.2, 0) is 0 Å². The molecule has 1 N–H and O–H groups in total. The monoisotopic (exact) mass is 242 g/mol. The highest BCUT2D eigenvalue weighted by atomic mass is 16.2. The average Bonchev–Trinajstić information content (AvgIpc) is 2.94. The van der Waals surface area contributed by atoms with Gasteiger partial charge in [-0.25, -0.2) is 0 Å². The van der Waals surface area contributed by atoms with Crippen LogP contribution in [0.4, 0.5) is 0 Å². The first-order chi connectivity index (χ1) is 8.66. The van der Waals surface area contributed by atoms with E-state index in [0.29, 0.717) is 12.0 Å². The molecule has 2 atom stereocenters. The van der Waals surface area contributed by atoms with Crippen molar-refractivity contribution in [2.45, 2.75) is 26.3 Å². The molecule has 0 aliphatic carbocycles. The number of likely N-dealkylation sites (tertiary alicyclic amines) is 1. The summed E-state index contributed by atoms with van der Waals surface area (Å²) in [4.78, 5) is 17.8. The molecule has 1 aliphatic heterocycles.